The Kier molecular flexibility index (Phi) is 3.27. The number of hydrogen-bond donors (Lipinski definition) is 2. The average molecular weight is 248 g/mol. The Morgan fingerprint density at radius 2 is 2.22 bits per heavy atom. The van der Waals surface area contributed by atoms with Gasteiger partial charge < -0.3 is 10.1 Å². The molecule has 0 aromatic heterocycles. The lowest BCUT2D eigenvalue weighted by molar-refractivity contribution is -0.125. The van der Waals surface area contributed by atoms with Crippen molar-refractivity contribution in [3.63, 3.8) is 0 Å². The van der Waals surface area contributed by atoms with Crippen molar-refractivity contribution in [3.8, 4) is 5.75 Å². The molecule has 0 saturated carbocycles. The fourth-order valence-electron chi connectivity index (χ4n) is 1.68. The minimum atomic E-state index is -0.795. The van der Waals surface area contributed by atoms with Gasteiger partial charge in [-0.05, 0) is 18.2 Å². The van der Waals surface area contributed by atoms with Crippen LogP contribution in [0.4, 0.5) is 0 Å². The number of nitrogens with one attached hydrogen (secondary N) is 2. The smallest absolute Gasteiger partial charge is 0.252 e. The van der Waals surface area contributed by atoms with Crippen LogP contribution < -0.4 is 15.4 Å². The number of rotatable bonds is 3. The topological polar surface area (TPSA) is 84.5 Å². The van der Waals surface area contributed by atoms with Crippen molar-refractivity contribution < 1.29 is 19.1 Å². The van der Waals surface area contributed by atoms with E-state index in [0.29, 0.717) is 11.3 Å². The van der Waals surface area contributed by atoms with Crippen molar-refractivity contribution in [2.24, 2.45) is 0 Å². The number of ether oxygens (including phenoxy) is 1. The van der Waals surface area contributed by atoms with Crippen molar-refractivity contribution in [2.75, 3.05) is 7.11 Å². The van der Waals surface area contributed by atoms with E-state index < -0.39 is 17.9 Å². The van der Waals surface area contributed by atoms with Gasteiger partial charge in [-0.2, -0.15) is 0 Å². The minimum Gasteiger partial charge on any atom is -0.497 e. The summed E-state index contributed by atoms with van der Waals surface area (Å²) >= 11 is 0. The third-order valence-electron chi connectivity index (χ3n) is 2.61. The van der Waals surface area contributed by atoms with Crippen LogP contribution in [0.15, 0.2) is 24.3 Å². The molecule has 1 aliphatic rings. The second-order valence-corrected chi connectivity index (χ2v) is 3.87. The summed E-state index contributed by atoms with van der Waals surface area (Å²) in [7, 11) is 1.50. The van der Waals surface area contributed by atoms with Gasteiger partial charge in [0.15, 0.2) is 0 Å². The molecule has 3 amide bonds. The van der Waals surface area contributed by atoms with Gasteiger partial charge in [-0.15, -0.1) is 0 Å². The zero-order valence-electron chi connectivity index (χ0n) is 9.73. The maximum absolute atomic E-state index is 11.9. The SMILES string of the molecule is COc1cccc(C(=O)NC2CC(=O)NC2=O)c1. The molecule has 94 valence electrons. The van der Waals surface area contributed by atoms with Gasteiger partial charge >= 0.3 is 0 Å². The Labute approximate surface area is 103 Å². The second-order valence-electron chi connectivity index (χ2n) is 3.87. The molecule has 1 fully saturated rings. The molecule has 6 nitrogen and oxygen atoms in total. The maximum atomic E-state index is 11.9. The van der Waals surface area contributed by atoms with Gasteiger partial charge in [0.25, 0.3) is 5.91 Å². The molecule has 6 heteroatoms. The van der Waals surface area contributed by atoms with Crippen LogP contribution in [0.1, 0.15) is 16.8 Å². The summed E-state index contributed by atoms with van der Waals surface area (Å²) in [6.45, 7) is 0. The van der Waals surface area contributed by atoms with Crippen LogP contribution in [-0.2, 0) is 9.59 Å². The number of hydrogen-bond acceptors (Lipinski definition) is 4. The number of carbonyl (C=O) groups is 3. The standard InChI is InChI=1S/C12H12N2O4/c1-18-8-4-2-3-7(5-8)11(16)13-9-6-10(15)14-12(9)17/h2-5,9H,6H2,1H3,(H,13,16)(H,14,15,17). The Morgan fingerprint density at radius 1 is 1.44 bits per heavy atom. The lowest BCUT2D eigenvalue weighted by atomic mass is 10.1. The van der Waals surface area contributed by atoms with Crippen LogP contribution in [0.25, 0.3) is 0 Å². The number of imide groups is 1. The molecule has 0 spiro atoms. The fraction of sp³-hybridized carbons (Fsp3) is 0.250. The summed E-state index contributed by atoms with van der Waals surface area (Å²) in [5.41, 5.74) is 0.376. The first kappa shape index (κ1) is 12.1. The molecule has 1 unspecified atom stereocenters. The summed E-state index contributed by atoms with van der Waals surface area (Å²) in [4.78, 5) is 34.1. The van der Waals surface area contributed by atoms with Gasteiger partial charge in [0, 0.05) is 5.56 Å². The molecule has 2 rings (SSSR count). The van der Waals surface area contributed by atoms with E-state index in [4.69, 9.17) is 4.74 Å². The highest BCUT2D eigenvalue weighted by Gasteiger charge is 2.31. The van der Waals surface area contributed by atoms with Gasteiger partial charge in [0.05, 0.1) is 13.5 Å². The van der Waals surface area contributed by atoms with E-state index in [-0.39, 0.29) is 12.3 Å². The van der Waals surface area contributed by atoms with Crippen LogP contribution in [0.2, 0.25) is 0 Å². The van der Waals surface area contributed by atoms with Crippen LogP contribution in [-0.4, -0.2) is 30.9 Å². The van der Waals surface area contributed by atoms with Gasteiger partial charge in [0.1, 0.15) is 11.8 Å². The van der Waals surface area contributed by atoms with Gasteiger partial charge in [0.2, 0.25) is 11.8 Å². The first-order valence-corrected chi connectivity index (χ1v) is 5.39. The lowest BCUT2D eigenvalue weighted by Gasteiger charge is -2.09. The summed E-state index contributed by atoms with van der Waals surface area (Å²) < 4.78 is 5.00. The Morgan fingerprint density at radius 3 is 2.83 bits per heavy atom. The quantitative estimate of drug-likeness (QED) is 0.728. The molecule has 1 atom stereocenters. The third kappa shape index (κ3) is 2.48. The van der Waals surface area contributed by atoms with E-state index in [2.05, 4.69) is 10.6 Å². The van der Waals surface area contributed by atoms with Crippen molar-refractivity contribution >= 4 is 17.7 Å². The van der Waals surface area contributed by atoms with Crippen LogP contribution in [0.5, 0.6) is 5.75 Å². The van der Waals surface area contributed by atoms with Crippen LogP contribution in [0, 0.1) is 0 Å². The van der Waals surface area contributed by atoms with Crippen molar-refractivity contribution in [3.05, 3.63) is 29.8 Å². The summed E-state index contributed by atoms with van der Waals surface area (Å²) in [5, 5.41) is 4.63. The Bertz CT molecular complexity index is 513. The molecule has 0 radical (unpaired) electrons. The van der Waals surface area contributed by atoms with Crippen molar-refractivity contribution in [1.29, 1.82) is 0 Å². The molecule has 1 saturated heterocycles. The van der Waals surface area contributed by atoms with Crippen molar-refractivity contribution in [2.45, 2.75) is 12.5 Å². The monoisotopic (exact) mass is 248 g/mol. The number of carbonyl (C=O) groups excluding carboxylic acids is 3. The lowest BCUT2D eigenvalue weighted by Crippen LogP contribution is -2.40. The maximum Gasteiger partial charge on any atom is 0.252 e. The van der Waals surface area contributed by atoms with Crippen LogP contribution in [0.3, 0.4) is 0 Å². The predicted octanol–water partition coefficient (Wildman–Crippen LogP) is -0.160. The Balaban J connectivity index is 2.07. The molecular weight excluding hydrogens is 236 g/mol. The molecule has 18 heavy (non-hydrogen) atoms. The number of amides is 3. The fourth-order valence-corrected chi connectivity index (χ4v) is 1.68. The van der Waals surface area contributed by atoms with E-state index in [1.807, 2.05) is 0 Å². The average Bonchev–Trinajstić information content (AvgIpc) is 2.68. The second kappa shape index (κ2) is 4.87. The molecule has 1 aliphatic heterocycles. The van der Waals surface area contributed by atoms with Crippen LogP contribution >= 0.6 is 0 Å². The summed E-state index contributed by atoms with van der Waals surface area (Å²) in [6.07, 6.45) is -0.0193. The Hall–Kier alpha value is -2.37. The van der Waals surface area contributed by atoms with Crippen molar-refractivity contribution in [1.82, 2.24) is 10.6 Å². The molecular formula is C12H12N2O4. The molecule has 0 bridgehead atoms. The molecule has 2 N–H and O–H groups in total. The van der Waals surface area contributed by atoms with E-state index in [9.17, 15) is 14.4 Å². The number of methoxy groups -OCH3 is 1. The first-order valence-electron chi connectivity index (χ1n) is 5.39. The molecule has 1 heterocycles. The highest BCUT2D eigenvalue weighted by molar-refractivity contribution is 6.08. The first-order chi connectivity index (χ1) is 8.60. The van der Waals surface area contributed by atoms with E-state index in [1.54, 1.807) is 24.3 Å². The minimum absolute atomic E-state index is 0.0193. The molecule has 0 aliphatic carbocycles. The summed E-state index contributed by atoms with van der Waals surface area (Å²) in [5.74, 6) is -0.717. The third-order valence-corrected chi connectivity index (χ3v) is 2.61. The normalized spacial score (nSPS) is 18.4. The van der Waals surface area contributed by atoms with E-state index >= 15 is 0 Å². The predicted molar refractivity (Wildman–Crippen MR) is 62.0 cm³/mol. The van der Waals surface area contributed by atoms with Gasteiger partial charge in [-0.25, -0.2) is 0 Å². The van der Waals surface area contributed by atoms with E-state index in [0.717, 1.165) is 0 Å². The zero-order valence-corrected chi connectivity index (χ0v) is 9.73. The number of benzene rings is 1. The van der Waals surface area contributed by atoms with E-state index in [1.165, 1.54) is 7.11 Å². The molecule has 1 aromatic rings. The largest absolute Gasteiger partial charge is 0.497 e. The highest BCUT2D eigenvalue weighted by Crippen LogP contribution is 2.13. The summed E-state index contributed by atoms with van der Waals surface area (Å²) in [6, 6.07) is 5.75. The van der Waals surface area contributed by atoms with Gasteiger partial charge in [-0.3, -0.25) is 19.7 Å². The highest BCUT2D eigenvalue weighted by atomic mass is 16.5. The molecule has 1 aromatic carbocycles. The zero-order chi connectivity index (χ0) is 13.1. The van der Waals surface area contributed by atoms with Gasteiger partial charge in [-0.1, -0.05) is 6.07 Å².